The van der Waals surface area contributed by atoms with E-state index in [1.165, 1.54) is 7.11 Å². The van der Waals surface area contributed by atoms with Crippen molar-refractivity contribution in [3.63, 3.8) is 0 Å². The van der Waals surface area contributed by atoms with Crippen molar-refractivity contribution in [2.45, 2.75) is 18.9 Å². The summed E-state index contributed by atoms with van der Waals surface area (Å²) in [7, 11) is 1.39. The number of rotatable bonds is 2. The van der Waals surface area contributed by atoms with E-state index in [2.05, 4.69) is 10.3 Å². The van der Waals surface area contributed by atoms with E-state index in [9.17, 15) is 4.79 Å². The molecule has 80 valence electrons. The van der Waals surface area contributed by atoms with Gasteiger partial charge in [0, 0.05) is 18.4 Å². The van der Waals surface area contributed by atoms with Crippen LogP contribution >= 0.6 is 0 Å². The number of nitrogens with zero attached hydrogens (tertiary/aromatic N) is 1. The molecule has 1 unspecified atom stereocenters. The first kappa shape index (κ1) is 10.1. The fourth-order valence-corrected chi connectivity index (χ4v) is 1.94. The molecule has 1 aliphatic heterocycles. The number of hydrogen-bond acceptors (Lipinski definition) is 4. The predicted octanol–water partition coefficient (Wildman–Crippen LogP) is 1.29. The summed E-state index contributed by atoms with van der Waals surface area (Å²) in [6.07, 6.45) is 5.49. The summed E-state index contributed by atoms with van der Waals surface area (Å²) < 4.78 is 4.73. The van der Waals surface area contributed by atoms with Gasteiger partial charge in [-0.15, -0.1) is 0 Å². The number of hydrogen-bond donors (Lipinski definition) is 1. The average molecular weight is 206 g/mol. The second-order valence-electron chi connectivity index (χ2n) is 3.60. The summed E-state index contributed by atoms with van der Waals surface area (Å²) >= 11 is 0. The number of pyridine rings is 1. The zero-order chi connectivity index (χ0) is 10.7. The summed E-state index contributed by atoms with van der Waals surface area (Å²) in [6.45, 7) is 1.01. The maximum atomic E-state index is 11.5. The Balaban J connectivity index is 2.32. The molecule has 2 heterocycles. The van der Waals surface area contributed by atoms with Crippen LogP contribution in [0.1, 0.15) is 34.8 Å². The van der Waals surface area contributed by atoms with Crippen LogP contribution in [0.25, 0.3) is 0 Å². The lowest BCUT2D eigenvalue weighted by Crippen LogP contribution is -2.17. The molecule has 4 heteroatoms. The molecule has 0 bridgehead atoms. The highest BCUT2D eigenvalue weighted by Crippen LogP contribution is 2.25. The highest BCUT2D eigenvalue weighted by Gasteiger charge is 2.22. The van der Waals surface area contributed by atoms with Gasteiger partial charge >= 0.3 is 5.97 Å². The monoisotopic (exact) mass is 206 g/mol. The van der Waals surface area contributed by atoms with Crippen LogP contribution in [0.15, 0.2) is 18.5 Å². The molecule has 0 spiro atoms. The van der Waals surface area contributed by atoms with E-state index in [4.69, 9.17) is 4.74 Å². The molecule has 1 aliphatic rings. The molecule has 2 rings (SSSR count). The van der Waals surface area contributed by atoms with Gasteiger partial charge in [0.25, 0.3) is 0 Å². The van der Waals surface area contributed by atoms with E-state index >= 15 is 0 Å². The number of nitrogens with one attached hydrogen (secondary N) is 1. The van der Waals surface area contributed by atoms with Gasteiger partial charge in [0.15, 0.2) is 0 Å². The average Bonchev–Trinajstić information content (AvgIpc) is 2.81. The van der Waals surface area contributed by atoms with Crippen molar-refractivity contribution in [2.75, 3.05) is 13.7 Å². The number of ether oxygens (including phenoxy) is 1. The van der Waals surface area contributed by atoms with E-state index in [1.54, 1.807) is 12.4 Å². The lowest BCUT2D eigenvalue weighted by molar-refractivity contribution is 0.0598. The molecule has 1 N–H and O–H groups in total. The lowest BCUT2D eigenvalue weighted by atomic mass is 10.0. The Labute approximate surface area is 88.7 Å². The molecule has 0 saturated carbocycles. The minimum absolute atomic E-state index is 0.266. The zero-order valence-corrected chi connectivity index (χ0v) is 8.69. The quantitative estimate of drug-likeness (QED) is 0.741. The predicted molar refractivity (Wildman–Crippen MR) is 55.6 cm³/mol. The van der Waals surface area contributed by atoms with E-state index in [0.29, 0.717) is 5.56 Å². The van der Waals surface area contributed by atoms with E-state index < -0.39 is 0 Å². The Hall–Kier alpha value is -1.42. The van der Waals surface area contributed by atoms with Gasteiger partial charge in [0.1, 0.15) is 0 Å². The maximum absolute atomic E-state index is 11.5. The van der Waals surface area contributed by atoms with E-state index in [0.717, 1.165) is 24.9 Å². The standard InChI is InChI=1S/C11H14N2O2/c1-15-11(14)9-7-12-6-4-8(9)10-3-2-5-13-10/h4,6-7,10,13H,2-3,5H2,1H3. The van der Waals surface area contributed by atoms with Gasteiger partial charge in [0.2, 0.25) is 0 Å². The van der Waals surface area contributed by atoms with Gasteiger partial charge in [-0.2, -0.15) is 0 Å². The van der Waals surface area contributed by atoms with Crippen LogP contribution in [-0.2, 0) is 4.74 Å². The first-order valence-electron chi connectivity index (χ1n) is 5.08. The Morgan fingerprint density at radius 1 is 1.67 bits per heavy atom. The molecule has 0 radical (unpaired) electrons. The summed E-state index contributed by atoms with van der Waals surface area (Å²) in [5.74, 6) is -0.313. The van der Waals surface area contributed by atoms with Crippen LogP contribution in [0.4, 0.5) is 0 Å². The highest BCUT2D eigenvalue weighted by molar-refractivity contribution is 5.90. The number of carbonyl (C=O) groups excluding carboxylic acids is 1. The normalized spacial score (nSPS) is 20.2. The summed E-state index contributed by atoms with van der Waals surface area (Å²) in [6, 6.07) is 2.15. The molecule has 15 heavy (non-hydrogen) atoms. The van der Waals surface area contributed by atoms with Crippen molar-refractivity contribution < 1.29 is 9.53 Å². The van der Waals surface area contributed by atoms with Crippen LogP contribution in [0.2, 0.25) is 0 Å². The Morgan fingerprint density at radius 2 is 2.53 bits per heavy atom. The van der Waals surface area contributed by atoms with E-state index in [1.807, 2.05) is 6.07 Å². The molecule has 1 fully saturated rings. The summed E-state index contributed by atoms with van der Waals surface area (Å²) in [5.41, 5.74) is 1.56. The molecule has 0 aromatic carbocycles. The van der Waals surface area contributed by atoms with E-state index in [-0.39, 0.29) is 12.0 Å². The first-order chi connectivity index (χ1) is 7.33. The third-order valence-corrected chi connectivity index (χ3v) is 2.70. The molecule has 0 amide bonds. The van der Waals surface area contributed by atoms with Gasteiger partial charge in [-0.25, -0.2) is 4.79 Å². The lowest BCUT2D eigenvalue weighted by Gasteiger charge is -2.13. The van der Waals surface area contributed by atoms with Crippen molar-refractivity contribution in [1.82, 2.24) is 10.3 Å². The Bertz CT molecular complexity index is 359. The molecular formula is C11H14N2O2. The second-order valence-corrected chi connectivity index (χ2v) is 3.60. The summed E-state index contributed by atoms with van der Waals surface area (Å²) in [5, 5.41) is 3.36. The smallest absolute Gasteiger partial charge is 0.339 e. The Kier molecular flexibility index (Phi) is 2.97. The second kappa shape index (κ2) is 4.40. The molecule has 1 aromatic heterocycles. The number of carbonyl (C=O) groups is 1. The molecule has 1 saturated heterocycles. The molecular weight excluding hydrogens is 192 g/mol. The fraction of sp³-hybridized carbons (Fsp3) is 0.455. The van der Waals surface area contributed by atoms with Crippen LogP contribution in [0.5, 0.6) is 0 Å². The fourth-order valence-electron chi connectivity index (χ4n) is 1.94. The zero-order valence-electron chi connectivity index (χ0n) is 8.69. The van der Waals surface area contributed by atoms with Crippen molar-refractivity contribution in [1.29, 1.82) is 0 Å². The largest absolute Gasteiger partial charge is 0.465 e. The minimum Gasteiger partial charge on any atom is -0.465 e. The van der Waals surface area contributed by atoms with Crippen LogP contribution in [-0.4, -0.2) is 24.6 Å². The van der Waals surface area contributed by atoms with Gasteiger partial charge < -0.3 is 10.1 Å². The minimum atomic E-state index is -0.313. The van der Waals surface area contributed by atoms with Gasteiger partial charge in [-0.05, 0) is 31.0 Å². The topological polar surface area (TPSA) is 51.2 Å². The van der Waals surface area contributed by atoms with Crippen molar-refractivity contribution in [3.8, 4) is 0 Å². The van der Waals surface area contributed by atoms with Crippen LogP contribution < -0.4 is 5.32 Å². The van der Waals surface area contributed by atoms with Crippen molar-refractivity contribution >= 4 is 5.97 Å². The first-order valence-corrected chi connectivity index (χ1v) is 5.08. The number of esters is 1. The van der Waals surface area contributed by atoms with Gasteiger partial charge in [-0.1, -0.05) is 0 Å². The van der Waals surface area contributed by atoms with Crippen molar-refractivity contribution in [3.05, 3.63) is 29.6 Å². The molecule has 4 nitrogen and oxygen atoms in total. The van der Waals surface area contributed by atoms with Crippen molar-refractivity contribution in [2.24, 2.45) is 0 Å². The Morgan fingerprint density at radius 3 is 3.20 bits per heavy atom. The highest BCUT2D eigenvalue weighted by atomic mass is 16.5. The summed E-state index contributed by atoms with van der Waals surface area (Å²) in [4.78, 5) is 15.5. The van der Waals surface area contributed by atoms with Gasteiger partial charge in [0.05, 0.1) is 12.7 Å². The van der Waals surface area contributed by atoms with Crippen LogP contribution in [0, 0.1) is 0 Å². The van der Waals surface area contributed by atoms with Crippen LogP contribution in [0.3, 0.4) is 0 Å². The molecule has 1 atom stereocenters. The third kappa shape index (κ3) is 1.99. The maximum Gasteiger partial charge on any atom is 0.339 e. The SMILES string of the molecule is COC(=O)c1cnccc1C1CCCN1. The number of aromatic nitrogens is 1. The molecule has 1 aromatic rings. The third-order valence-electron chi connectivity index (χ3n) is 2.70. The van der Waals surface area contributed by atoms with Gasteiger partial charge in [-0.3, -0.25) is 4.98 Å². The number of methoxy groups -OCH3 is 1. The molecule has 0 aliphatic carbocycles.